The number of anilines is 4. The van der Waals surface area contributed by atoms with Crippen LogP contribution in [-0.4, -0.2) is 114 Å². The van der Waals surface area contributed by atoms with E-state index in [4.69, 9.17) is 53.3 Å². The summed E-state index contributed by atoms with van der Waals surface area (Å²) in [5, 5.41) is 14.3. The minimum absolute atomic E-state index is 0.0319. The number of Topliss-reactive ketones (excluding diaryl/α,β-unsaturated/α-hetero) is 2. The molecule has 0 aromatic heterocycles. The Bertz CT molecular complexity index is 2870. The van der Waals surface area contributed by atoms with E-state index in [-0.39, 0.29) is 105 Å². The SMILES string of the molecule is COc1c(NC(=O)[C@@H](CCCCN)CCCC(=O)c2cccc(NC(=O)[C@@H](CCCCN)NC(=O)c3cccc(NC(=O)[C@@H](CCCCN)CCCC(=O)c4cccc(NC(=O)[C@H](N)CCCCN)c4OC)c3OC)c2OC)cccc1C(N)=O. The molecule has 0 radical (unpaired) electrons. The topological polar surface area (TPSA) is 390 Å². The van der Waals surface area contributed by atoms with Gasteiger partial charge in [-0.05, 0) is 158 Å². The fourth-order valence-corrected chi connectivity index (χ4v) is 9.96. The lowest BCUT2D eigenvalue weighted by Crippen LogP contribution is -2.44. The first-order chi connectivity index (χ1) is 41.0. The molecule has 0 fully saturated rings. The number of hydrogen-bond acceptors (Lipinski definition) is 17. The highest BCUT2D eigenvalue weighted by atomic mass is 16.5. The van der Waals surface area contributed by atoms with Gasteiger partial charge in [-0.15, -0.1) is 0 Å². The van der Waals surface area contributed by atoms with Gasteiger partial charge in [-0.2, -0.15) is 0 Å². The fraction of sp³-hybridized carbons (Fsp3) is 0.484. The molecule has 4 atom stereocenters. The number of nitrogens with two attached hydrogens (primary N) is 6. The third-order valence-electron chi connectivity index (χ3n) is 14.6. The van der Waals surface area contributed by atoms with Crippen molar-refractivity contribution in [3.8, 4) is 23.0 Å². The van der Waals surface area contributed by atoms with Crippen molar-refractivity contribution in [2.45, 2.75) is 128 Å². The third kappa shape index (κ3) is 21.3. The number of amides is 6. The molecule has 0 aliphatic rings. The number of hydrogen-bond donors (Lipinski definition) is 11. The molecule has 17 N–H and O–H groups in total. The van der Waals surface area contributed by atoms with E-state index in [0.717, 1.165) is 6.42 Å². The highest BCUT2D eigenvalue weighted by Crippen LogP contribution is 2.35. The Balaban J connectivity index is 1.47. The van der Waals surface area contributed by atoms with Crippen molar-refractivity contribution in [3.63, 3.8) is 0 Å². The Labute approximate surface area is 498 Å². The maximum Gasteiger partial charge on any atom is 0.255 e. The smallest absolute Gasteiger partial charge is 0.255 e. The number of para-hydroxylation sites is 4. The molecule has 0 unspecified atom stereocenters. The summed E-state index contributed by atoms with van der Waals surface area (Å²) in [7, 11) is 5.51. The number of nitrogens with one attached hydrogen (secondary N) is 5. The Morgan fingerprint density at radius 1 is 0.400 bits per heavy atom. The Kier molecular flexibility index (Phi) is 30.6. The molecule has 0 spiro atoms. The van der Waals surface area contributed by atoms with Crippen molar-refractivity contribution in [3.05, 3.63) is 95.1 Å². The van der Waals surface area contributed by atoms with Crippen molar-refractivity contribution < 1.29 is 57.3 Å². The molecule has 23 nitrogen and oxygen atoms in total. The van der Waals surface area contributed by atoms with Gasteiger partial charge in [-0.1, -0.05) is 43.5 Å². The van der Waals surface area contributed by atoms with E-state index in [1.54, 1.807) is 60.7 Å². The minimum atomic E-state index is -1.11. The normalized spacial score (nSPS) is 12.4. The molecule has 4 aromatic carbocycles. The summed E-state index contributed by atoms with van der Waals surface area (Å²) in [6.07, 6.45) is 8.14. The van der Waals surface area contributed by atoms with E-state index in [9.17, 15) is 38.4 Å². The molecule has 4 aromatic rings. The highest BCUT2D eigenvalue weighted by Gasteiger charge is 2.29. The average Bonchev–Trinajstić information content (AvgIpc) is 3.64. The van der Waals surface area contributed by atoms with Crippen LogP contribution in [0.5, 0.6) is 23.0 Å². The van der Waals surface area contributed by atoms with Gasteiger partial charge < -0.3 is 79.9 Å². The molecule has 6 amide bonds. The summed E-state index contributed by atoms with van der Waals surface area (Å²) >= 11 is 0. The molecule has 23 heteroatoms. The zero-order valence-corrected chi connectivity index (χ0v) is 49.7. The molecule has 0 saturated carbocycles. The second-order valence-electron chi connectivity index (χ2n) is 20.7. The van der Waals surface area contributed by atoms with Crippen LogP contribution in [0.1, 0.15) is 157 Å². The molecular formula is C62H89N11O12. The standard InChI is InChI=1S/C62H89N11O12/c1-82-53-41(23-15-29-46(53)71-61(80)45(67)27-7-11-37-65)51(74)33-14-22-40(20-6-10-36-64)59(78)70-49-32-18-26-44(56(49)85-4)60(79)73-50(28-8-12-38-66)62(81)72-47-30-16-24-42(54(47)83-2)52(75)34-13-21-39(19-5-9-35-63)58(77)69-48-31-17-25-43(57(68)76)55(48)84-3/h15-18,23-26,29-32,39-40,45,50H,5-14,19-22,27-28,33-38,63-67H2,1-4H3,(H2,68,76)(H,69,77)(H,70,78)(H,71,80)(H,72,81)(H,73,79)/t39-,40-,45+,50+/m0/s1. The van der Waals surface area contributed by atoms with Crippen LogP contribution in [0.15, 0.2) is 72.8 Å². The van der Waals surface area contributed by atoms with Crippen molar-refractivity contribution in [2.24, 2.45) is 46.2 Å². The maximum atomic E-state index is 14.3. The quantitative estimate of drug-likeness (QED) is 0.0166. The van der Waals surface area contributed by atoms with E-state index < -0.39 is 47.5 Å². The number of primary amides is 1. The molecule has 464 valence electrons. The molecule has 0 bridgehead atoms. The van der Waals surface area contributed by atoms with Gasteiger partial charge in [0.2, 0.25) is 23.6 Å². The number of carbonyl (C=O) groups excluding carboxylic acids is 8. The van der Waals surface area contributed by atoms with E-state index in [2.05, 4.69) is 26.6 Å². The second-order valence-corrected chi connectivity index (χ2v) is 20.7. The van der Waals surface area contributed by atoms with Gasteiger partial charge in [0.25, 0.3) is 11.8 Å². The lowest BCUT2D eigenvalue weighted by atomic mass is 9.93. The zero-order valence-electron chi connectivity index (χ0n) is 49.7. The summed E-state index contributed by atoms with van der Waals surface area (Å²) in [4.78, 5) is 109. The molecule has 4 rings (SSSR count). The van der Waals surface area contributed by atoms with Crippen LogP contribution in [0.2, 0.25) is 0 Å². The predicted molar refractivity (Wildman–Crippen MR) is 329 cm³/mol. The second kappa shape index (κ2) is 37.4. The van der Waals surface area contributed by atoms with Crippen LogP contribution in [-0.2, 0) is 19.2 Å². The van der Waals surface area contributed by atoms with Crippen molar-refractivity contribution in [2.75, 3.05) is 75.9 Å². The lowest BCUT2D eigenvalue weighted by Gasteiger charge is -2.22. The summed E-state index contributed by atoms with van der Waals surface area (Å²) < 4.78 is 22.5. The number of carbonyl (C=O) groups is 8. The number of ether oxygens (including phenoxy) is 4. The number of unbranched alkanes of at least 4 members (excludes halogenated alkanes) is 4. The summed E-state index contributed by atoms with van der Waals surface area (Å²) in [5.74, 6) is -4.22. The van der Waals surface area contributed by atoms with Gasteiger partial charge in [-0.3, -0.25) is 38.4 Å². The fourth-order valence-electron chi connectivity index (χ4n) is 9.96. The first-order valence-electron chi connectivity index (χ1n) is 29.2. The number of rotatable bonds is 41. The van der Waals surface area contributed by atoms with Gasteiger partial charge in [-0.25, -0.2) is 0 Å². The van der Waals surface area contributed by atoms with Crippen molar-refractivity contribution in [1.82, 2.24) is 5.32 Å². The van der Waals surface area contributed by atoms with E-state index >= 15 is 0 Å². The summed E-state index contributed by atoms with van der Waals surface area (Å²) in [6.45, 7) is 1.71. The van der Waals surface area contributed by atoms with E-state index in [1.165, 1.54) is 40.6 Å². The van der Waals surface area contributed by atoms with Gasteiger partial charge in [0.15, 0.2) is 34.6 Å². The molecule has 0 heterocycles. The highest BCUT2D eigenvalue weighted by molar-refractivity contribution is 6.07. The minimum Gasteiger partial charge on any atom is -0.494 e. The lowest BCUT2D eigenvalue weighted by molar-refractivity contribution is -0.121. The molecule has 85 heavy (non-hydrogen) atoms. The van der Waals surface area contributed by atoms with Crippen LogP contribution >= 0.6 is 0 Å². The molecule has 0 saturated heterocycles. The number of ketones is 2. The maximum absolute atomic E-state index is 14.3. The molecule has 0 aliphatic heterocycles. The van der Waals surface area contributed by atoms with Gasteiger partial charge >= 0.3 is 0 Å². The zero-order chi connectivity index (χ0) is 62.3. The molecular weight excluding hydrogens is 1090 g/mol. The van der Waals surface area contributed by atoms with E-state index in [1.807, 2.05) is 0 Å². The largest absolute Gasteiger partial charge is 0.494 e. The van der Waals surface area contributed by atoms with Crippen LogP contribution in [0.3, 0.4) is 0 Å². The average molecular weight is 1180 g/mol. The van der Waals surface area contributed by atoms with Crippen molar-refractivity contribution in [1.29, 1.82) is 0 Å². The Morgan fingerprint density at radius 2 is 0.729 bits per heavy atom. The Morgan fingerprint density at radius 3 is 1.13 bits per heavy atom. The van der Waals surface area contributed by atoms with Crippen LogP contribution in [0.25, 0.3) is 0 Å². The van der Waals surface area contributed by atoms with Gasteiger partial charge in [0.1, 0.15) is 6.04 Å². The van der Waals surface area contributed by atoms with Crippen LogP contribution in [0, 0.1) is 11.8 Å². The summed E-state index contributed by atoms with van der Waals surface area (Å²) in [5.41, 5.74) is 36.2. The third-order valence-corrected chi connectivity index (χ3v) is 14.6. The number of methoxy groups -OCH3 is 4. The van der Waals surface area contributed by atoms with E-state index in [0.29, 0.717) is 122 Å². The van der Waals surface area contributed by atoms with Gasteiger partial charge in [0, 0.05) is 24.7 Å². The number of benzene rings is 4. The van der Waals surface area contributed by atoms with Crippen LogP contribution < -0.4 is 79.9 Å². The predicted octanol–water partition coefficient (Wildman–Crippen LogP) is 6.55. The van der Waals surface area contributed by atoms with Crippen molar-refractivity contribution >= 4 is 69.8 Å². The molecule has 0 aliphatic carbocycles. The van der Waals surface area contributed by atoms with Gasteiger partial charge in [0.05, 0.1) is 79.5 Å². The Hall–Kier alpha value is -7.96. The monoisotopic (exact) mass is 1180 g/mol. The first-order valence-corrected chi connectivity index (χ1v) is 29.2. The summed E-state index contributed by atoms with van der Waals surface area (Å²) in [6, 6.07) is 17.1. The first kappa shape index (κ1) is 69.5. The van der Waals surface area contributed by atoms with Crippen LogP contribution in [0.4, 0.5) is 22.7 Å².